The average Bonchev–Trinajstić information content (AvgIpc) is 2.78. The van der Waals surface area contributed by atoms with Gasteiger partial charge in [0.2, 0.25) is 0 Å². The number of aromatic hydroxyl groups is 2. The molecule has 0 saturated heterocycles. The van der Waals surface area contributed by atoms with Crippen LogP contribution in [-0.2, 0) is 5.60 Å². The molecule has 0 spiro atoms. The van der Waals surface area contributed by atoms with E-state index >= 15 is 0 Å². The van der Waals surface area contributed by atoms with Crippen molar-refractivity contribution >= 4 is 11.6 Å². The summed E-state index contributed by atoms with van der Waals surface area (Å²) in [7, 11) is 0. The molecule has 0 aromatic heterocycles. The van der Waals surface area contributed by atoms with E-state index in [9.17, 15) is 15.3 Å². The molecule has 0 bridgehead atoms. The summed E-state index contributed by atoms with van der Waals surface area (Å²) in [4.78, 5) is 0. The Labute approximate surface area is 80.2 Å². The number of rotatable bonds is 1. The largest absolute Gasteiger partial charge is 0.504 e. The maximum Gasteiger partial charge on any atom is 0.165 e. The van der Waals surface area contributed by atoms with Crippen molar-refractivity contribution in [1.29, 1.82) is 0 Å². The van der Waals surface area contributed by atoms with Crippen LogP contribution in [0.5, 0.6) is 11.5 Å². The van der Waals surface area contributed by atoms with Crippen molar-refractivity contribution in [3.63, 3.8) is 0 Å². The van der Waals surface area contributed by atoms with Crippen LogP contribution in [-0.4, -0.2) is 15.3 Å². The first-order chi connectivity index (χ1) is 6.04. The van der Waals surface area contributed by atoms with Crippen LogP contribution in [0.3, 0.4) is 0 Å². The molecule has 1 aromatic carbocycles. The lowest BCUT2D eigenvalue weighted by Crippen LogP contribution is -2.05. The summed E-state index contributed by atoms with van der Waals surface area (Å²) in [6.07, 6.45) is 1.15. The minimum Gasteiger partial charge on any atom is -0.504 e. The first kappa shape index (κ1) is 8.66. The second kappa shape index (κ2) is 2.53. The molecule has 0 radical (unpaired) electrons. The molecule has 1 fully saturated rings. The van der Waals surface area contributed by atoms with Gasteiger partial charge < -0.3 is 15.3 Å². The van der Waals surface area contributed by atoms with Gasteiger partial charge >= 0.3 is 0 Å². The van der Waals surface area contributed by atoms with Crippen LogP contribution in [0.4, 0.5) is 0 Å². The third kappa shape index (κ3) is 1.24. The molecule has 3 N–H and O–H groups in total. The molecule has 4 heteroatoms. The second-order valence-electron chi connectivity index (χ2n) is 3.32. The molecular weight excluding hydrogens is 192 g/mol. The summed E-state index contributed by atoms with van der Waals surface area (Å²) in [6.45, 7) is 0. The Bertz CT molecular complexity index is 358. The highest BCUT2D eigenvalue weighted by Gasteiger charge is 2.46. The highest BCUT2D eigenvalue weighted by molar-refractivity contribution is 6.31. The van der Waals surface area contributed by atoms with Crippen molar-refractivity contribution in [2.24, 2.45) is 0 Å². The van der Waals surface area contributed by atoms with E-state index < -0.39 is 5.60 Å². The van der Waals surface area contributed by atoms with E-state index in [1.165, 1.54) is 12.1 Å². The van der Waals surface area contributed by atoms with E-state index in [1.807, 2.05) is 0 Å². The van der Waals surface area contributed by atoms with Crippen molar-refractivity contribution in [2.75, 3.05) is 0 Å². The monoisotopic (exact) mass is 200 g/mol. The van der Waals surface area contributed by atoms with Crippen molar-refractivity contribution in [3.8, 4) is 11.5 Å². The first-order valence-electron chi connectivity index (χ1n) is 3.98. The average molecular weight is 201 g/mol. The van der Waals surface area contributed by atoms with Gasteiger partial charge in [0.25, 0.3) is 0 Å². The van der Waals surface area contributed by atoms with Crippen LogP contribution >= 0.6 is 11.6 Å². The highest BCUT2D eigenvalue weighted by atomic mass is 35.5. The van der Waals surface area contributed by atoms with Crippen molar-refractivity contribution in [1.82, 2.24) is 0 Å². The molecule has 0 unspecified atom stereocenters. The number of phenolic OH excluding ortho intramolecular Hbond substituents is 2. The van der Waals surface area contributed by atoms with E-state index in [2.05, 4.69) is 0 Å². The predicted molar refractivity (Wildman–Crippen MR) is 47.9 cm³/mol. The zero-order chi connectivity index (χ0) is 9.64. The molecule has 1 saturated carbocycles. The van der Waals surface area contributed by atoms with Crippen LogP contribution in [0, 0.1) is 0 Å². The van der Waals surface area contributed by atoms with Crippen LogP contribution in [0.1, 0.15) is 18.4 Å². The lowest BCUT2D eigenvalue weighted by Gasteiger charge is -2.12. The van der Waals surface area contributed by atoms with Gasteiger partial charge in [0.15, 0.2) is 11.5 Å². The van der Waals surface area contributed by atoms with E-state index in [-0.39, 0.29) is 22.1 Å². The number of phenols is 2. The molecule has 0 heterocycles. The lowest BCUT2D eigenvalue weighted by molar-refractivity contribution is 0.147. The molecule has 70 valence electrons. The standard InChI is InChI=1S/C9H9ClO3/c10-5-1-2-6(11)8(12)7(5)9(13)3-4-9/h1-2,11-13H,3-4H2. The number of hydrogen-bond donors (Lipinski definition) is 3. The normalized spacial score (nSPS) is 18.6. The zero-order valence-electron chi connectivity index (χ0n) is 6.79. The van der Waals surface area contributed by atoms with Crippen LogP contribution in [0.15, 0.2) is 12.1 Å². The quantitative estimate of drug-likeness (QED) is 0.605. The minimum absolute atomic E-state index is 0.245. The van der Waals surface area contributed by atoms with Gasteiger partial charge in [0.05, 0.1) is 10.6 Å². The van der Waals surface area contributed by atoms with E-state index in [0.717, 1.165) is 0 Å². The summed E-state index contributed by atoms with van der Waals surface area (Å²) in [5.41, 5.74) is -0.783. The molecule has 13 heavy (non-hydrogen) atoms. The molecular formula is C9H9ClO3. The molecule has 1 aliphatic rings. The van der Waals surface area contributed by atoms with Gasteiger partial charge in [0.1, 0.15) is 0 Å². The van der Waals surface area contributed by atoms with E-state index in [4.69, 9.17) is 11.6 Å². The maximum absolute atomic E-state index is 9.73. The SMILES string of the molecule is Oc1ccc(Cl)c(C2(O)CC2)c1O. The fourth-order valence-corrected chi connectivity index (χ4v) is 1.70. The van der Waals surface area contributed by atoms with Crippen molar-refractivity contribution in [3.05, 3.63) is 22.7 Å². The molecule has 2 rings (SSSR count). The number of hydrogen-bond acceptors (Lipinski definition) is 3. The summed E-state index contributed by atoms with van der Waals surface area (Å²) in [6, 6.07) is 2.76. The van der Waals surface area contributed by atoms with Gasteiger partial charge in [-0.25, -0.2) is 0 Å². The molecule has 3 nitrogen and oxygen atoms in total. The maximum atomic E-state index is 9.73. The van der Waals surface area contributed by atoms with Crippen LogP contribution < -0.4 is 0 Å². The Morgan fingerprint density at radius 1 is 1.23 bits per heavy atom. The molecule has 0 amide bonds. The Morgan fingerprint density at radius 2 is 1.85 bits per heavy atom. The first-order valence-corrected chi connectivity index (χ1v) is 4.36. The van der Waals surface area contributed by atoms with Gasteiger partial charge in [-0.15, -0.1) is 0 Å². The second-order valence-corrected chi connectivity index (χ2v) is 3.73. The molecule has 0 atom stereocenters. The summed E-state index contributed by atoms with van der Waals surface area (Å²) in [5.74, 6) is -0.563. The number of benzene rings is 1. The third-order valence-electron chi connectivity index (χ3n) is 2.29. The van der Waals surface area contributed by atoms with Gasteiger partial charge in [-0.1, -0.05) is 11.6 Å². The van der Waals surface area contributed by atoms with Crippen molar-refractivity contribution < 1.29 is 15.3 Å². The van der Waals surface area contributed by atoms with Crippen LogP contribution in [0.2, 0.25) is 5.02 Å². The number of halogens is 1. The Balaban J connectivity index is 2.61. The van der Waals surface area contributed by atoms with Crippen LogP contribution in [0.25, 0.3) is 0 Å². The third-order valence-corrected chi connectivity index (χ3v) is 2.61. The molecule has 1 aromatic rings. The van der Waals surface area contributed by atoms with Crippen molar-refractivity contribution in [2.45, 2.75) is 18.4 Å². The highest BCUT2D eigenvalue weighted by Crippen LogP contribution is 2.53. The van der Waals surface area contributed by atoms with E-state index in [1.54, 1.807) is 0 Å². The predicted octanol–water partition coefficient (Wildman–Crippen LogP) is 1.73. The minimum atomic E-state index is -1.03. The molecule has 1 aliphatic carbocycles. The lowest BCUT2D eigenvalue weighted by atomic mass is 10.1. The van der Waals surface area contributed by atoms with E-state index in [0.29, 0.717) is 12.8 Å². The molecule has 0 aliphatic heterocycles. The Kier molecular flexibility index (Phi) is 1.68. The Morgan fingerprint density at radius 3 is 2.38 bits per heavy atom. The van der Waals surface area contributed by atoms with Gasteiger partial charge in [-0.3, -0.25) is 0 Å². The smallest absolute Gasteiger partial charge is 0.165 e. The van der Waals surface area contributed by atoms with Gasteiger partial charge in [-0.2, -0.15) is 0 Å². The summed E-state index contributed by atoms with van der Waals surface area (Å²) in [5, 5.41) is 28.7. The summed E-state index contributed by atoms with van der Waals surface area (Å²) < 4.78 is 0. The van der Waals surface area contributed by atoms with Gasteiger partial charge in [-0.05, 0) is 25.0 Å². The Hall–Kier alpha value is -0.930. The zero-order valence-corrected chi connectivity index (χ0v) is 7.54. The fraction of sp³-hybridized carbons (Fsp3) is 0.333. The topological polar surface area (TPSA) is 60.7 Å². The fourth-order valence-electron chi connectivity index (χ4n) is 1.37. The van der Waals surface area contributed by atoms with Gasteiger partial charge in [0, 0.05) is 5.56 Å². The summed E-state index contributed by atoms with van der Waals surface area (Å²) >= 11 is 5.80. The number of aliphatic hydroxyl groups is 1.